The van der Waals surface area contributed by atoms with Gasteiger partial charge in [-0.2, -0.15) is 0 Å². The molecule has 18 heavy (non-hydrogen) atoms. The van der Waals surface area contributed by atoms with Gasteiger partial charge < -0.3 is 10.1 Å². The van der Waals surface area contributed by atoms with Crippen LogP contribution < -0.4 is 5.84 Å². The normalized spacial score (nSPS) is 15.1. The van der Waals surface area contributed by atoms with E-state index in [1.165, 1.54) is 10.6 Å². The highest BCUT2D eigenvalue weighted by molar-refractivity contribution is 5.86. The van der Waals surface area contributed by atoms with Gasteiger partial charge in [0.05, 0.1) is 6.54 Å². The molecule has 0 bridgehead atoms. The molecule has 0 radical (unpaired) electrons. The van der Waals surface area contributed by atoms with Crippen LogP contribution in [-0.2, 0) is 11.2 Å². The van der Waals surface area contributed by atoms with E-state index in [0.717, 1.165) is 18.4 Å². The van der Waals surface area contributed by atoms with Crippen molar-refractivity contribution in [2.24, 2.45) is 5.84 Å². The lowest BCUT2D eigenvalue weighted by molar-refractivity contribution is -0.134. The van der Waals surface area contributed by atoms with Crippen LogP contribution in [0.25, 0.3) is 0 Å². The number of rotatable bonds is 4. The van der Waals surface area contributed by atoms with Crippen molar-refractivity contribution >= 4 is 5.97 Å². The Morgan fingerprint density at radius 3 is 2.56 bits per heavy atom. The van der Waals surface area contributed by atoms with Crippen molar-refractivity contribution in [3.63, 3.8) is 0 Å². The van der Waals surface area contributed by atoms with Crippen molar-refractivity contribution in [2.45, 2.75) is 12.8 Å². The Bertz CT molecular complexity index is 492. The smallest absolute Gasteiger partial charge is 0.353 e. The third-order valence-electron chi connectivity index (χ3n) is 2.96. The fourth-order valence-corrected chi connectivity index (χ4v) is 1.96. The van der Waals surface area contributed by atoms with Crippen molar-refractivity contribution < 1.29 is 9.90 Å². The number of hydrogen-bond acceptors (Lipinski definition) is 3. The Labute approximate surface area is 106 Å². The number of carboxylic acids is 1. The van der Waals surface area contributed by atoms with Crippen LogP contribution >= 0.6 is 0 Å². The molecule has 2 rings (SSSR count). The van der Waals surface area contributed by atoms with E-state index in [-0.39, 0.29) is 5.70 Å². The zero-order valence-electron chi connectivity index (χ0n) is 10.0. The summed E-state index contributed by atoms with van der Waals surface area (Å²) in [5.41, 5.74) is 2.56. The van der Waals surface area contributed by atoms with Crippen LogP contribution in [0, 0.1) is 0 Å². The molecule has 1 aromatic carbocycles. The number of carbonyl (C=O) groups is 1. The Hall–Kier alpha value is -2.07. The van der Waals surface area contributed by atoms with Crippen molar-refractivity contribution in [3.05, 3.63) is 59.3 Å². The molecular weight excluding hydrogens is 228 g/mol. The zero-order valence-corrected chi connectivity index (χ0v) is 10.0. The van der Waals surface area contributed by atoms with Gasteiger partial charge in [-0.05, 0) is 30.1 Å². The van der Waals surface area contributed by atoms with Crippen LogP contribution in [0.1, 0.15) is 12.0 Å². The lowest BCUT2D eigenvalue weighted by Crippen LogP contribution is -2.37. The fraction of sp³-hybridized carbons (Fsp3) is 0.214. The van der Waals surface area contributed by atoms with Crippen LogP contribution in [0.2, 0.25) is 0 Å². The Morgan fingerprint density at radius 2 is 1.94 bits per heavy atom. The van der Waals surface area contributed by atoms with Gasteiger partial charge in [-0.1, -0.05) is 36.4 Å². The van der Waals surface area contributed by atoms with E-state index in [1.807, 2.05) is 24.3 Å². The molecular formula is C14H16N2O2. The predicted molar refractivity (Wildman–Crippen MR) is 69.5 cm³/mol. The third kappa shape index (κ3) is 2.99. The second-order valence-electron chi connectivity index (χ2n) is 4.30. The molecule has 1 aliphatic rings. The molecule has 0 spiro atoms. The topological polar surface area (TPSA) is 66.6 Å². The number of allylic oxidation sites excluding steroid dienone is 2. The number of aryl methyl sites for hydroxylation is 1. The summed E-state index contributed by atoms with van der Waals surface area (Å²) in [5, 5.41) is 10.2. The first-order valence-corrected chi connectivity index (χ1v) is 5.86. The van der Waals surface area contributed by atoms with Gasteiger partial charge in [0, 0.05) is 0 Å². The third-order valence-corrected chi connectivity index (χ3v) is 2.96. The number of benzene rings is 1. The van der Waals surface area contributed by atoms with Crippen LogP contribution in [0.15, 0.2) is 53.8 Å². The summed E-state index contributed by atoms with van der Waals surface area (Å²) in [5.74, 6) is 4.69. The van der Waals surface area contributed by atoms with Crippen molar-refractivity contribution in [3.8, 4) is 0 Å². The average molecular weight is 244 g/mol. The number of hydrazine groups is 1. The van der Waals surface area contributed by atoms with Gasteiger partial charge in [0.15, 0.2) is 0 Å². The molecule has 1 heterocycles. The summed E-state index contributed by atoms with van der Waals surface area (Å²) in [6.07, 6.45) is 5.25. The first-order valence-electron chi connectivity index (χ1n) is 5.86. The largest absolute Gasteiger partial charge is 0.477 e. The molecule has 4 nitrogen and oxygen atoms in total. The fourth-order valence-electron chi connectivity index (χ4n) is 1.96. The lowest BCUT2D eigenvalue weighted by Gasteiger charge is -2.23. The van der Waals surface area contributed by atoms with Crippen LogP contribution in [-0.4, -0.2) is 22.6 Å². The Kier molecular flexibility index (Phi) is 3.79. The molecule has 0 aliphatic carbocycles. The molecule has 4 heteroatoms. The quantitative estimate of drug-likeness (QED) is 0.791. The van der Waals surface area contributed by atoms with E-state index in [9.17, 15) is 4.79 Å². The molecule has 0 amide bonds. The van der Waals surface area contributed by atoms with E-state index in [2.05, 4.69) is 12.1 Å². The van der Waals surface area contributed by atoms with Gasteiger partial charge in [-0.25, -0.2) is 10.6 Å². The average Bonchev–Trinajstić information content (AvgIpc) is 2.37. The Morgan fingerprint density at radius 1 is 1.22 bits per heavy atom. The molecule has 0 aromatic heterocycles. The second kappa shape index (κ2) is 5.51. The van der Waals surface area contributed by atoms with Gasteiger partial charge in [-0.15, -0.1) is 0 Å². The van der Waals surface area contributed by atoms with E-state index in [4.69, 9.17) is 10.9 Å². The maximum Gasteiger partial charge on any atom is 0.353 e. The van der Waals surface area contributed by atoms with Crippen LogP contribution in [0.5, 0.6) is 0 Å². The summed E-state index contributed by atoms with van der Waals surface area (Å²) >= 11 is 0. The van der Waals surface area contributed by atoms with E-state index >= 15 is 0 Å². The van der Waals surface area contributed by atoms with Gasteiger partial charge in [-0.3, -0.25) is 0 Å². The number of nitrogens with zero attached hydrogens (tertiary/aromatic N) is 1. The van der Waals surface area contributed by atoms with Crippen molar-refractivity contribution in [1.82, 2.24) is 5.01 Å². The molecule has 3 N–H and O–H groups in total. The number of nitrogens with two attached hydrogens (primary N) is 1. The van der Waals surface area contributed by atoms with Gasteiger partial charge >= 0.3 is 5.97 Å². The van der Waals surface area contributed by atoms with Crippen LogP contribution in [0.3, 0.4) is 0 Å². The monoisotopic (exact) mass is 244 g/mol. The van der Waals surface area contributed by atoms with Gasteiger partial charge in [0.25, 0.3) is 0 Å². The molecule has 1 aliphatic heterocycles. The van der Waals surface area contributed by atoms with Crippen LogP contribution in [0.4, 0.5) is 0 Å². The summed E-state index contributed by atoms with van der Waals surface area (Å²) in [6.45, 7) is 0.477. The molecule has 0 atom stereocenters. The first-order chi connectivity index (χ1) is 8.66. The maximum atomic E-state index is 10.8. The highest BCUT2D eigenvalue weighted by atomic mass is 16.4. The summed E-state index contributed by atoms with van der Waals surface area (Å²) in [4.78, 5) is 10.8. The van der Waals surface area contributed by atoms with Crippen molar-refractivity contribution in [2.75, 3.05) is 6.54 Å². The van der Waals surface area contributed by atoms with E-state index in [1.54, 1.807) is 6.08 Å². The minimum atomic E-state index is -0.990. The lowest BCUT2D eigenvalue weighted by atomic mass is 10.0. The minimum absolute atomic E-state index is 0.137. The number of aliphatic carboxylic acids is 1. The summed E-state index contributed by atoms with van der Waals surface area (Å²) < 4.78 is 0. The Balaban J connectivity index is 1.98. The van der Waals surface area contributed by atoms with Gasteiger partial charge in [0.1, 0.15) is 5.70 Å². The highest BCUT2D eigenvalue weighted by Crippen LogP contribution is 2.16. The molecule has 94 valence electrons. The van der Waals surface area contributed by atoms with Gasteiger partial charge in [0.2, 0.25) is 0 Å². The molecule has 0 saturated heterocycles. The van der Waals surface area contributed by atoms with Crippen molar-refractivity contribution in [1.29, 1.82) is 0 Å². The predicted octanol–water partition coefficient (Wildman–Crippen LogP) is 1.70. The second-order valence-corrected chi connectivity index (χ2v) is 4.30. The summed E-state index contributed by atoms with van der Waals surface area (Å²) in [7, 11) is 0. The maximum absolute atomic E-state index is 10.8. The number of hydrogen-bond donors (Lipinski definition) is 2. The van der Waals surface area contributed by atoms with E-state index in [0.29, 0.717) is 6.54 Å². The highest BCUT2D eigenvalue weighted by Gasteiger charge is 2.17. The molecule has 1 aromatic rings. The minimum Gasteiger partial charge on any atom is -0.477 e. The molecule has 0 fully saturated rings. The zero-order chi connectivity index (χ0) is 13.0. The van der Waals surface area contributed by atoms with E-state index < -0.39 is 5.97 Å². The number of carboxylic acid groups (broad SMARTS) is 1. The summed E-state index contributed by atoms with van der Waals surface area (Å²) in [6, 6.07) is 10.2. The molecule has 0 unspecified atom stereocenters. The first kappa shape index (κ1) is 12.4. The SMILES string of the molecule is NN1CC(CCc2ccccc2)=CC=C1C(=O)O. The standard InChI is InChI=1S/C14H16N2O2/c15-16-10-12(8-9-13(16)14(17)18)7-6-11-4-2-1-3-5-11/h1-5,8-9H,6-7,10,15H2,(H,17,18). The molecule has 0 saturated carbocycles.